The lowest BCUT2D eigenvalue weighted by atomic mass is 9.95. The lowest BCUT2D eigenvalue weighted by Gasteiger charge is -2.32. The van der Waals surface area contributed by atoms with E-state index in [-0.39, 0.29) is 23.1 Å². The van der Waals surface area contributed by atoms with Gasteiger partial charge in [0, 0.05) is 30.8 Å². The van der Waals surface area contributed by atoms with Gasteiger partial charge in [0.2, 0.25) is 5.91 Å². The Morgan fingerprint density at radius 3 is 2.50 bits per heavy atom. The molecule has 8 nitrogen and oxygen atoms in total. The molecule has 1 aliphatic heterocycles. The van der Waals surface area contributed by atoms with Crippen LogP contribution in [0.3, 0.4) is 0 Å². The maximum absolute atomic E-state index is 11.7. The lowest BCUT2D eigenvalue weighted by molar-refractivity contribution is -0.385. The van der Waals surface area contributed by atoms with Crippen LogP contribution in [0, 0.1) is 16.0 Å². The Hall–Kier alpha value is -2.64. The lowest BCUT2D eigenvalue weighted by Crippen LogP contribution is -2.38. The van der Waals surface area contributed by atoms with E-state index in [0.29, 0.717) is 31.6 Å². The van der Waals surface area contributed by atoms with E-state index >= 15 is 0 Å². The van der Waals surface area contributed by atoms with Gasteiger partial charge in [0.25, 0.3) is 5.69 Å². The number of ether oxygens (including phenoxy) is 1. The summed E-state index contributed by atoms with van der Waals surface area (Å²) in [4.78, 5) is 35.2. The molecule has 2 rings (SSSR count). The van der Waals surface area contributed by atoms with Gasteiger partial charge in [-0.25, -0.2) is 4.79 Å². The Bertz CT molecular complexity index is 608. The minimum Gasteiger partial charge on any atom is -0.465 e. The van der Waals surface area contributed by atoms with E-state index < -0.39 is 10.9 Å². The summed E-state index contributed by atoms with van der Waals surface area (Å²) in [6.45, 7) is 1.21. The molecular formula is C14H17N3O5. The minimum absolute atomic E-state index is 0.0815. The number of anilines is 1. The van der Waals surface area contributed by atoms with Crippen molar-refractivity contribution in [2.45, 2.75) is 12.8 Å². The normalized spacial score (nSPS) is 15.4. The van der Waals surface area contributed by atoms with Crippen molar-refractivity contribution in [2.24, 2.45) is 11.7 Å². The molecule has 22 heavy (non-hydrogen) atoms. The molecule has 0 aliphatic carbocycles. The maximum atomic E-state index is 11.7. The van der Waals surface area contributed by atoms with Crippen molar-refractivity contribution in [1.29, 1.82) is 0 Å². The smallest absolute Gasteiger partial charge is 0.344 e. The number of hydrogen-bond donors (Lipinski definition) is 1. The molecule has 0 spiro atoms. The number of esters is 1. The number of amides is 1. The van der Waals surface area contributed by atoms with Gasteiger partial charge >= 0.3 is 5.97 Å². The van der Waals surface area contributed by atoms with Crippen LogP contribution in [0.15, 0.2) is 18.2 Å². The summed E-state index contributed by atoms with van der Waals surface area (Å²) in [6.07, 6.45) is 1.25. The number of rotatable bonds is 4. The first kappa shape index (κ1) is 15.7. The van der Waals surface area contributed by atoms with Crippen LogP contribution in [0.4, 0.5) is 11.4 Å². The predicted octanol–water partition coefficient (Wildman–Crippen LogP) is 1.08. The number of primary amides is 1. The molecule has 1 fully saturated rings. The third-order valence-electron chi connectivity index (χ3n) is 3.84. The molecule has 1 aromatic rings. The summed E-state index contributed by atoms with van der Waals surface area (Å²) in [7, 11) is 1.18. The molecule has 1 amide bonds. The minimum atomic E-state index is -0.749. The summed E-state index contributed by atoms with van der Waals surface area (Å²) in [6, 6.07) is 4.34. The molecule has 2 N–H and O–H groups in total. The molecule has 1 heterocycles. The quantitative estimate of drug-likeness (QED) is 0.505. The van der Waals surface area contributed by atoms with Gasteiger partial charge in [0.05, 0.1) is 12.0 Å². The number of benzene rings is 1. The molecular weight excluding hydrogens is 290 g/mol. The van der Waals surface area contributed by atoms with E-state index in [1.54, 1.807) is 6.07 Å². The highest BCUT2D eigenvalue weighted by atomic mass is 16.6. The molecule has 0 saturated carbocycles. The Balaban J connectivity index is 2.24. The Kier molecular flexibility index (Phi) is 4.59. The number of methoxy groups -OCH3 is 1. The van der Waals surface area contributed by atoms with Crippen LogP contribution in [-0.2, 0) is 9.53 Å². The first-order valence-electron chi connectivity index (χ1n) is 6.85. The molecule has 0 unspecified atom stereocenters. The average molecular weight is 307 g/mol. The molecule has 0 bridgehead atoms. The predicted molar refractivity (Wildman–Crippen MR) is 78.6 cm³/mol. The highest BCUT2D eigenvalue weighted by Crippen LogP contribution is 2.28. The van der Waals surface area contributed by atoms with Crippen molar-refractivity contribution in [3.63, 3.8) is 0 Å². The molecule has 1 saturated heterocycles. The van der Waals surface area contributed by atoms with Crippen LogP contribution in [-0.4, -0.2) is 37.0 Å². The first-order valence-corrected chi connectivity index (χ1v) is 6.85. The van der Waals surface area contributed by atoms with Crippen molar-refractivity contribution >= 4 is 23.3 Å². The molecule has 8 heteroatoms. The van der Waals surface area contributed by atoms with E-state index in [1.807, 2.05) is 4.90 Å². The summed E-state index contributed by atoms with van der Waals surface area (Å²) in [5.41, 5.74) is 5.61. The fourth-order valence-electron chi connectivity index (χ4n) is 2.58. The van der Waals surface area contributed by atoms with Crippen LogP contribution in [0.25, 0.3) is 0 Å². The molecule has 1 aromatic carbocycles. The van der Waals surface area contributed by atoms with Crippen molar-refractivity contribution in [3.8, 4) is 0 Å². The first-order chi connectivity index (χ1) is 10.4. The third kappa shape index (κ3) is 3.16. The number of nitro groups is 1. The van der Waals surface area contributed by atoms with Crippen LogP contribution in [0.5, 0.6) is 0 Å². The second-order valence-corrected chi connectivity index (χ2v) is 5.11. The second-order valence-electron chi connectivity index (χ2n) is 5.11. The molecule has 118 valence electrons. The number of carbonyl (C=O) groups is 2. The average Bonchev–Trinajstić information content (AvgIpc) is 2.53. The number of nitrogens with zero attached hydrogens (tertiary/aromatic N) is 2. The van der Waals surface area contributed by atoms with Gasteiger partial charge in [-0.15, -0.1) is 0 Å². The zero-order valence-corrected chi connectivity index (χ0v) is 12.2. The van der Waals surface area contributed by atoms with Crippen LogP contribution in [0.2, 0.25) is 0 Å². The number of piperidine rings is 1. The van der Waals surface area contributed by atoms with Gasteiger partial charge in [-0.3, -0.25) is 14.9 Å². The van der Waals surface area contributed by atoms with Gasteiger partial charge in [0.1, 0.15) is 5.56 Å². The van der Waals surface area contributed by atoms with Crippen molar-refractivity contribution in [1.82, 2.24) is 0 Å². The monoisotopic (exact) mass is 307 g/mol. The zero-order valence-electron chi connectivity index (χ0n) is 12.2. The van der Waals surface area contributed by atoms with E-state index in [9.17, 15) is 19.7 Å². The number of nitro benzene ring substituents is 1. The third-order valence-corrected chi connectivity index (χ3v) is 3.84. The fraction of sp³-hybridized carbons (Fsp3) is 0.429. The molecule has 0 atom stereocenters. The van der Waals surface area contributed by atoms with Gasteiger partial charge in [-0.2, -0.15) is 0 Å². The second kappa shape index (κ2) is 6.42. The number of hydrogen-bond acceptors (Lipinski definition) is 6. The number of carbonyl (C=O) groups excluding carboxylic acids is 2. The van der Waals surface area contributed by atoms with E-state index in [4.69, 9.17) is 5.73 Å². The highest BCUT2D eigenvalue weighted by molar-refractivity contribution is 5.95. The maximum Gasteiger partial charge on any atom is 0.344 e. The zero-order chi connectivity index (χ0) is 16.3. The van der Waals surface area contributed by atoms with Gasteiger partial charge in [-0.1, -0.05) is 0 Å². The van der Waals surface area contributed by atoms with E-state index in [1.165, 1.54) is 19.2 Å². The number of nitrogens with two attached hydrogens (primary N) is 1. The van der Waals surface area contributed by atoms with Gasteiger partial charge in [-0.05, 0) is 25.0 Å². The van der Waals surface area contributed by atoms with Crippen LogP contribution >= 0.6 is 0 Å². The Morgan fingerprint density at radius 2 is 2.00 bits per heavy atom. The molecule has 1 aliphatic rings. The summed E-state index contributed by atoms with van der Waals surface area (Å²) in [5.74, 6) is -1.20. The molecule has 0 aromatic heterocycles. The fourth-order valence-corrected chi connectivity index (χ4v) is 2.58. The summed E-state index contributed by atoms with van der Waals surface area (Å²) in [5, 5.41) is 11.0. The topological polar surface area (TPSA) is 116 Å². The Morgan fingerprint density at radius 1 is 1.36 bits per heavy atom. The largest absolute Gasteiger partial charge is 0.465 e. The van der Waals surface area contributed by atoms with Crippen molar-refractivity contribution < 1.29 is 19.2 Å². The summed E-state index contributed by atoms with van der Waals surface area (Å²) >= 11 is 0. The highest BCUT2D eigenvalue weighted by Gasteiger charge is 2.26. The Labute approximate surface area is 127 Å². The van der Waals surface area contributed by atoms with Gasteiger partial charge in [0.15, 0.2) is 0 Å². The van der Waals surface area contributed by atoms with Crippen molar-refractivity contribution in [3.05, 3.63) is 33.9 Å². The van der Waals surface area contributed by atoms with E-state index in [2.05, 4.69) is 4.74 Å². The van der Waals surface area contributed by atoms with E-state index in [0.717, 1.165) is 0 Å². The summed E-state index contributed by atoms with van der Waals surface area (Å²) < 4.78 is 4.59. The SMILES string of the molecule is COC(=O)c1cc(N2CCC(C(N)=O)CC2)ccc1[N+](=O)[O-]. The molecule has 0 radical (unpaired) electrons. The van der Waals surface area contributed by atoms with Crippen LogP contribution < -0.4 is 10.6 Å². The van der Waals surface area contributed by atoms with Crippen LogP contribution in [0.1, 0.15) is 23.2 Å². The van der Waals surface area contributed by atoms with Crippen molar-refractivity contribution in [2.75, 3.05) is 25.1 Å². The standard InChI is InChI=1S/C14H17N3O5/c1-22-14(19)11-8-10(2-3-12(11)17(20)21)16-6-4-9(5-7-16)13(15)18/h2-3,8-9H,4-7H2,1H3,(H2,15,18). The van der Waals surface area contributed by atoms with Gasteiger partial charge < -0.3 is 15.4 Å².